The molecule has 0 aliphatic carbocycles. The van der Waals surface area contributed by atoms with E-state index in [-0.39, 0.29) is 24.6 Å². The molecular formula is C14H18ClF2NO3. The van der Waals surface area contributed by atoms with Gasteiger partial charge in [0, 0.05) is 30.2 Å². The minimum atomic E-state index is -2.88. The van der Waals surface area contributed by atoms with Crippen LogP contribution in [-0.2, 0) is 11.3 Å². The summed E-state index contributed by atoms with van der Waals surface area (Å²) in [5.41, 5.74) is 0.591. The van der Waals surface area contributed by atoms with Crippen LogP contribution in [0, 0.1) is 0 Å². The minimum Gasteiger partial charge on any atom is -0.434 e. The van der Waals surface area contributed by atoms with Crippen LogP contribution < -0.4 is 4.74 Å². The second-order valence-corrected chi connectivity index (χ2v) is 5.51. The van der Waals surface area contributed by atoms with Gasteiger partial charge in [-0.25, -0.2) is 0 Å². The highest BCUT2D eigenvalue weighted by Gasteiger charge is 2.25. The summed E-state index contributed by atoms with van der Waals surface area (Å²) in [4.78, 5) is 2.03. The van der Waals surface area contributed by atoms with Crippen LogP contribution in [0.3, 0.4) is 0 Å². The summed E-state index contributed by atoms with van der Waals surface area (Å²) in [6, 6.07) is 4.58. The third-order valence-corrected chi connectivity index (χ3v) is 3.47. The van der Waals surface area contributed by atoms with Crippen LogP contribution in [-0.4, -0.2) is 48.5 Å². The fraction of sp³-hybridized carbons (Fsp3) is 0.571. The topological polar surface area (TPSA) is 41.9 Å². The average molecular weight is 322 g/mol. The van der Waals surface area contributed by atoms with E-state index in [0.717, 1.165) is 0 Å². The molecule has 21 heavy (non-hydrogen) atoms. The molecule has 2 atom stereocenters. The molecule has 1 aromatic carbocycles. The van der Waals surface area contributed by atoms with Crippen LogP contribution in [0.4, 0.5) is 8.78 Å². The van der Waals surface area contributed by atoms with E-state index >= 15 is 0 Å². The van der Waals surface area contributed by atoms with Gasteiger partial charge in [-0.1, -0.05) is 11.6 Å². The molecule has 0 saturated carbocycles. The summed E-state index contributed by atoms with van der Waals surface area (Å²) in [5, 5.41) is 9.68. The molecule has 1 N–H and O–H groups in total. The van der Waals surface area contributed by atoms with Gasteiger partial charge in [-0.05, 0) is 25.1 Å². The normalized spacial score (nSPS) is 23.5. The molecule has 1 aliphatic heterocycles. The first kappa shape index (κ1) is 16.4. The highest BCUT2D eigenvalue weighted by molar-refractivity contribution is 6.30. The Morgan fingerprint density at radius 2 is 2.24 bits per heavy atom. The fourth-order valence-electron chi connectivity index (χ4n) is 2.49. The summed E-state index contributed by atoms with van der Waals surface area (Å²) in [6.45, 7) is 0.546. The molecule has 1 aromatic rings. The van der Waals surface area contributed by atoms with Gasteiger partial charge in [-0.3, -0.25) is 4.90 Å². The number of aliphatic hydroxyl groups excluding tert-OH is 1. The van der Waals surface area contributed by atoms with Gasteiger partial charge in [0.1, 0.15) is 5.75 Å². The van der Waals surface area contributed by atoms with E-state index in [0.29, 0.717) is 30.2 Å². The van der Waals surface area contributed by atoms with Gasteiger partial charge in [-0.15, -0.1) is 0 Å². The molecule has 0 spiro atoms. The first-order chi connectivity index (χ1) is 9.97. The number of benzene rings is 1. The summed E-state index contributed by atoms with van der Waals surface area (Å²) < 4.78 is 34.9. The van der Waals surface area contributed by atoms with Crippen molar-refractivity contribution in [2.24, 2.45) is 0 Å². The van der Waals surface area contributed by atoms with E-state index in [4.69, 9.17) is 16.3 Å². The number of ether oxygens (including phenoxy) is 2. The lowest BCUT2D eigenvalue weighted by Gasteiger charge is -2.36. The molecule has 0 amide bonds. The third-order valence-electron chi connectivity index (χ3n) is 3.24. The second-order valence-electron chi connectivity index (χ2n) is 5.08. The molecule has 0 radical (unpaired) electrons. The van der Waals surface area contributed by atoms with Crippen LogP contribution >= 0.6 is 11.6 Å². The zero-order valence-electron chi connectivity index (χ0n) is 11.6. The van der Waals surface area contributed by atoms with Crippen LogP contribution in [0.5, 0.6) is 5.75 Å². The molecule has 1 saturated heterocycles. The minimum absolute atomic E-state index is 0.0328. The zero-order chi connectivity index (χ0) is 15.4. The number of hydrogen-bond acceptors (Lipinski definition) is 4. The molecule has 2 unspecified atom stereocenters. The predicted molar refractivity (Wildman–Crippen MR) is 74.8 cm³/mol. The van der Waals surface area contributed by atoms with Gasteiger partial charge in [-0.2, -0.15) is 8.78 Å². The third kappa shape index (κ3) is 4.78. The molecule has 0 aromatic heterocycles. The van der Waals surface area contributed by atoms with Gasteiger partial charge < -0.3 is 14.6 Å². The van der Waals surface area contributed by atoms with E-state index in [1.54, 1.807) is 6.07 Å². The second kappa shape index (κ2) is 7.35. The fourth-order valence-corrected chi connectivity index (χ4v) is 2.69. The van der Waals surface area contributed by atoms with Crippen molar-refractivity contribution >= 4 is 11.6 Å². The number of hydrogen-bond donors (Lipinski definition) is 1. The molecule has 7 heteroatoms. The van der Waals surface area contributed by atoms with Crippen molar-refractivity contribution in [3.8, 4) is 5.75 Å². The van der Waals surface area contributed by atoms with Gasteiger partial charge in [0.15, 0.2) is 0 Å². The van der Waals surface area contributed by atoms with Crippen molar-refractivity contribution in [1.29, 1.82) is 0 Å². The quantitative estimate of drug-likeness (QED) is 0.905. The lowest BCUT2D eigenvalue weighted by Crippen LogP contribution is -2.47. The number of halogens is 3. The van der Waals surface area contributed by atoms with Crippen LogP contribution in [0.2, 0.25) is 5.02 Å². The highest BCUT2D eigenvalue weighted by Crippen LogP contribution is 2.27. The molecule has 1 fully saturated rings. The van der Waals surface area contributed by atoms with E-state index in [1.807, 2.05) is 11.8 Å². The Morgan fingerprint density at radius 3 is 2.90 bits per heavy atom. The van der Waals surface area contributed by atoms with Gasteiger partial charge in [0.25, 0.3) is 0 Å². The monoisotopic (exact) mass is 321 g/mol. The molecule has 4 nitrogen and oxygen atoms in total. The van der Waals surface area contributed by atoms with Gasteiger partial charge in [0.05, 0.1) is 18.8 Å². The zero-order valence-corrected chi connectivity index (χ0v) is 12.4. The summed E-state index contributed by atoms with van der Waals surface area (Å²) >= 11 is 5.93. The van der Waals surface area contributed by atoms with Gasteiger partial charge in [0.2, 0.25) is 0 Å². The Morgan fingerprint density at radius 1 is 1.48 bits per heavy atom. The maximum absolute atomic E-state index is 12.4. The predicted octanol–water partition coefficient (Wildman–Crippen LogP) is 2.52. The summed E-state index contributed by atoms with van der Waals surface area (Å²) in [5.74, 6) is 0.120. The van der Waals surface area contributed by atoms with Crippen LogP contribution in [0.25, 0.3) is 0 Å². The van der Waals surface area contributed by atoms with E-state index in [2.05, 4.69) is 4.74 Å². The lowest BCUT2D eigenvalue weighted by atomic mass is 10.1. The lowest BCUT2D eigenvalue weighted by molar-refractivity contribution is -0.0978. The number of rotatable bonds is 5. The number of aliphatic hydroxyl groups is 1. The number of alkyl halides is 2. The molecular weight excluding hydrogens is 304 g/mol. The van der Waals surface area contributed by atoms with E-state index in [9.17, 15) is 13.9 Å². The van der Waals surface area contributed by atoms with Crippen molar-refractivity contribution in [1.82, 2.24) is 4.90 Å². The number of morpholine rings is 1. The first-order valence-corrected chi connectivity index (χ1v) is 7.07. The molecule has 1 aliphatic rings. The van der Waals surface area contributed by atoms with Crippen molar-refractivity contribution in [3.63, 3.8) is 0 Å². The maximum atomic E-state index is 12.4. The average Bonchev–Trinajstić information content (AvgIpc) is 2.40. The van der Waals surface area contributed by atoms with E-state index in [1.165, 1.54) is 12.1 Å². The molecule has 0 bridgehead atoms. The Balaban J connectivity index is 2.12. The summed E-state index contributed by atoms with van der Waals surface area (Å²) in [7, 11) is 0. The molecule has 1 heterocycles. The Bertz CT molecular complexity index is 476. The SMILES string of the molecule is CC1CN(Cc2cc(Cl)ccc2OC(F)F)CC(CO)O1. The van der Waals surface area contributed by atoms with Crippen LogP contribution in [0.1, 0.15) is 12.5 Å². The largest absolute Gasteiger partial charge is 0.434 e. The van der Waals surface area contributed by atoms with Crippen molar-refractivity contribution < 1.29 is 23.4 Å². The molecule has 2 rings (SSSR count). The number of nitrogens with zero attached hydrogens (tertiary/aromatic N) is 1. The highest BCUT2D eigenvalue weighted by atomic mass is 35.5. The Kier molecular flexibility index (Phi) is 5.75. The van der Waals surface area contributed by atoms with E-state index < -0.39 is 6.61 Å². The summed E-state index contributed by atoms with van der Waals surface area (Å²) in [6.07, 6.45) is -0.304. The standard InChI is InChI=1S/C14H18ClF2NO3/c1-9-5-18(7-12(8-19)20-9)6-10-4-11(15)2-3-13(10)21-14(16)17/h2-4,9,12,14,19H,5-8H2,1H3. The van der Waals surface area contributed by atoms with Crippen LogP contribution in [0.15, 0.2) is 18.2 Å². The maximum Gasteiger partial charge on any atom is 0.387 e. The molecule has 118 valence electrons. The van der Waals surface area contributed by atoms with Crippen molar-refractivity contribution in [2.75, 3.05) is 19.7 Å². The first-order valence-electron chi connectivity index (χ1n) is 6.70. The Labute approximate surface area is 127 Å². The van der Waals surface area contributed by atoms with Crippen molar-refractivity contribution in [2.45, 2.75) is 32.3 Å². The smallest absolute Gasteiger partial charge is 0.387 e. The Hall–Kier alpha value is -0.950. The van der Waals surface area contributed by atoms with Gasteiger partial charge >= 0.3 is 6.61 Å². The van der Waals surface area contributed by atoms with Crippen molar-refractivity contribution in [3.05, 3.63) is 28.8 Å².